The van der Waals surface area contributed by atoms with Crippen LogP contribution in [0.2, 0.25) is 0 Å². The number of nitro groups is 1. The maximum atomic E-state index is 12.7. The number of carbonyl (C=O) groups is 3. The molecule has 0 atom stereocenters. The van der Waals surface area contributed by atoms with Gasteiger partial charge in [0, 0.05) is 24.4 Å². The van der Waals surface area contributed by atoms with E-state index in [1.165, 1.54) is 41.7 Å². The molecule has 0 unspecified atom stereocenters. The van der Waals surface area contributed by atoms with E-state index in [2.05, 4.69) is 26.4 Å². The van der Waals surface area contributed by atoms with Crippen LogP contribution in [0.1, 0.15) is 27.0 Å². The van der Waals surface area contributed by atoms with E-state index >= 15 is 0 Å². The van der Waals surface area contributed by atoms with Crippen molar-refractivity contribution in [3.05, 3.63) is 111 Å². The van der Waals surface area contributed by atoms with Crippen LogP contribution in [0, 0.1) is 10.1 Å². The fraction of sp³-hybridized carbons (Fsp3) is 0.138. The number of nitrogens with zero attached hydrogens (tertiary/aromatic N) is 4. The van der Waals surface area contributed by atoms with Crippen molar-refractivity contribution in [2.75, 3.05) is 29.9 Å². The highest BCUT2D eigenvalue weighted by atomic mass is 32.1. The van der Waals surface area contributed by atoms with E-state index in [4.69, 9.17) is 4.74 Å². The third kappa shape index (κ3) is 8.68. The Bertz CT molecular complexity index is 1590. The monoisotopic (exact) mass is 601 g/mol. The molecule has 0 aliphatic rings. The number of non-ortho nitro benzene ring substituents is 1. The molecule has 0 aliphatic carbocycles. The Hall–Kier alpha value is -5.63. The van der Waals surface area contributed by atoms with Gasteiger partial charge in [0.2, 0.25) is 0 Å². The van der Waals surface area contributed by atoms with Crippen LogP contribution in [0.15, 0.2) is 101 Å². The van der Waals surface area contributed by atoms with Crippen molar-refractivity contribution in [3.63, 3.8) is 0 Å². The molecule has 0 radical (unpaired) electrons. The smallest absolute Gasteiger partial charge is 0.426 e. The minimum absolute atomic E-state index is 0.0211. The van der Waals surface area contributed by atoms with Gasteiger partial charge in [-0.3, -0.25) is 25.1 Å². The summed E-state index contributed by atoms with van der Waals surface area (Å²) in [5, 5.41) is 23.5. The summed E-state index contributed by atoms with van der Waals surface area (Å²) in [5.74, 6) is -0.968. The van der Waals surface area contributed by atoms with Gasteiger partial charge in [0.25, 0.3) is 17.5 Å². The molecular formula is C29H27N7O6S. The number of thiophene rings is 1. The summed E-state index contributed by atoms with van der Waals surface area (Å²) in [6.07, 6.45) is -0.841. The van der Waals surface area contributed by atoms with Crippen molar-refractivity contribution in [2.24, 2.45) is 10.2 Å². The summed E-state index contributed by atoms with van der Waals surface area (Å²) in [4.78, 5) is 50.0. The van der Waals surface area contributed by atoms with Gasteiger partial charge in [-0.1, -0.05) is 18.2 Å². The molecule has 0 spiro atoms. The standard InChI is InChI=1S/C29H27N7O6S/c1-2-35(22-13-9-20(10-14-22)31-32-21-11-15-23(16-12-21)36(40)41)17-18-42-29(39)34-33-27(37)24-6-3-4-7-25(24)30-28(38)26-8-5-19-43-26/h3-16,19H,2,17-18H2,1H3,(H,30,38)(H,33,37)(H,34,39). The molecule has 14 heteroatoms. The van der Waals surface area contributed by atoms with Crippen molar-refractivity contribution in [1.29, 1.82) is 0 Å². The molecule has 0 fully saturated rings. The van der Waals surface area contributed by atoms with Gasteiger partial charge < -0.3 is 15.0 Å². The molecule has 3 aromatic carbocycles. The van der Waals surface area contributed by atoms with E-state index in [9.17, 15) is 24.5 Å². The highest BCUT2D eigenvalue weighted by Crippen LogP contribution is 2.24. The molecule has 1 heterocycles. The second-order valence-electron chi connectivity index (χ2n) is 8.76. The van der Waals surface area contributed by atoms with Crippen LogP contribution in [0.5, 0.6) is 0 Å². The number of para-hydroxylation sites is 1. The van der Waals surface area contributed by atoms with Gasteiger partial charge in [-0.25, -0.2) is 10.2 Å². The largest absolute Gasteiger partial charge is 0.446 e. The predicted octanol–water partition coefficient (Wildman–Crippen LogP) is 6.22. The Morgan fingerprint density at radius 1 is 0.884 bits per heavy atom. The highest BCUT2D eigenvalue weighted by Gasteiger charge is 2.16. The zero-order valence-electron chi connectivity index (χ0n) is 22.9. The number of hydrogen-bond acceptors (Lipinski definition) is 10. The van der Waals surface area contributed by atoms with E-state index in [1.807, 2.05) is 24.0 Å². The number of rotatable bonds is 11. The first kappa shape index (κ1) is 30.3. The minimum Gasteiger partial charge on any atom is -0.446 e. The van der Waals surface area contributed by atoms with Crippen LogP contribution in [-0.2, 0) is 4.74 Å². The zero-order chi connectivity index (χ0) is 30.6. The van der Waals surface area contributed by atoms with Crippen LogP contribution < -0.4 is 21.1 Å². The molecular weight excluding hydrogens is 574 g/mol. The normalized spacial score (nSPS) is 10.6. The molecule has 3 amide bonds. The van der Waals surface area contributed by atoms with E-state index in [0.717, 1.165) is 5.69 Å². The summed E-state index contributed by atoms with van der Waals surface area (Å²) in [6, 6.07) is 22.9. The molecule has 4 rings (SSSR count). The molecule has 4 aromatic rings. The maximum Gasteiger partial charge on any atom is 0.426 e. The van der Waals surface area contributed by atoms with Gasteiger partial charge in [-0.05, 0) is 66.9 Å². The molecule has 43 heavy (non-hydrogen) atoms. The van der Waals surface area contributed by atoms with Crippen molar-refractivity contribution in [2.45, 2.75) is 6.92 Å². The van der Waals surface area contributed by atoms with Crippen LogP contribution in [0.3, 0.4) is 0 Å². The third-order valence-electron chi connectivity index (χ3n) is 5.98. The molecule has 1 aromatic heterocycles. The molecule has 13 nitrogen and oxygen atoms in total. The average molecular weight is 602 g/mol. The molecule has 0 bridgehead atoms. The molecule has 220 valence electrons. The lowest BCUT2D eigenvalue weighted by Gasteiger charge is -2.23. The van der Waals surface area contributed by atoms with E-state index in [1.54, 1.807) is 47.8 Å². The van der Waals surface area contributed by atoms with Gasteiger partial charge in [0.15, 0.2) is 0 Å². The highest BCUT2D eigenvalue weighted by molar-refractivity contribution is 7.12. The van der Waals surface area contributed by atoms with Gasteiger partial charge in [-0.2, -0.15) is 10.2 Å². The maximum absolute atomic E-state index is 12.7. The van der Waals surface area contributed by atoms with Gasteiger partial charge in [0.1, 0.15) is 6.61 Å². The van der Waals surface area contributed by atoms with Gasteiger partial charge in [0.05, 0.1) is 39.0 Å². The predicted molar refractivity (Wildman–Crippen MR) is 162 cm³/mol. The summed E-state index contributed by atoms with van der Waals surface area (Å²) in [7, 11) is 0. The van der Waals surface area contributed by atoms with Gasteiger partial charge in [-0.15, -0.1) is 11.3 Å². The number of amides is 3. The average Bonchev–Trinajstić information content (AvgIpc) is 3.57. The number of hydrogen-bond donors (Lipinski definition) is 3. The Balaban J connectivity index is 1.23. The number of likely N-dealkylation sites (N-methyl/N-ethyl adjacent to an activating group) is 1. The van der Waals surface area contributed by atoms with E-state index in [-0.39, 0.29) is 23.8 Å². The Morgan fingerprint density at radius 2 is 1.56 bits per heavy atom. The SMILES string of the molecule is CCN(CCOC(=O)NNC(=O)c1ccccc1NC(=O)c1cccs1)c1ccc(N=Nc2ccc([N+](=O)[O-])cc2)cc1. The fourth-order valence-corrected chi connectivity index (χ4v) is 4.42. The summed E-state index contributed by atoms with van der Waals surface area (Å²) >= 11 is 1.28. The third-order valence-corrected chi connectivity index (χ3v) is 6.84. The lowest BCUT2D eigenvalue weighted by Crippen LogP contribution is -2.43. The first-order valence-electron chi connectivity index (χ1n) is 13.0. The van der Waals surface area contributed by atoms with Crippen molar-refractivity contribution < 1.29 is 24.0 Å². The van der Waals surface area contributed by atoms with E-state index in [0.29, 0.717) is 35.0 Å². The van der Waals surface area contributed by atoms with Crippen molar-refractivity contribution in [1.82, 2.24) is 10.9 Å². The van der Waals surface area contributed by atoms with Crippen LogP contribution in [-0.4, -0.2) is 42.5 Å². The Morgan fingerprint density at radius 3 is 2.19 bits per heavy atom. The topological polar surface area (TPSA) is 168 Å². The summed E-state index contributed by atoms with van der Waals surface area (Å²) < 4.78 is 5.21. The number of ether oxygens (including phenoxy) is 1. The van der Waals surface area contributed by atoms with Crippen LogP contribution in [0.4, 0.5) is 33.2 Å². The number of nitrogens with one attached hydrogen (secondary N) is 3. The van der Waals surface area contributed by atoms with Crippen LogP contribution in [0.25, 0.3) is 0 Å². The molecule has 0 saturated carbocycles. The summed E-state index contributed by atoms with van der Waals surface area (Å²) in [6.45, 7) is 3.03. The fourth-order valence-electron chi connectivity index (χ4n) is 3.80. The Kier molecular flexibility index (Phi) is 10.5. The quantitative estimate of drug-likeness (QED) is 0.104. The van der Waals surface area contributed by atoms with Crippen molar-refractivity contribution >= 4 is 57.7 Å². The molecule has 0 saturated heterocycles. The van der Waals surface area contributed by atoms with Crippen molar-refractivity contribution in [3.8, 4) is 0 Å². The second-order valence-corrected chi connectivity index (χ2v) is 9.71. The number of benzene rings is 3. The number of azo groups is 1. The minimum atomic E-state index is -0.841. The summed E-state index contributed by atoms with van der Waals surface area (Å²) in [5.41, 5.74) is 6.91. The number of carbonyl (C=O) groups excluding carboxylic acids is 3. The lowest BCUT2D eigenvalue weighted by atomic mass is 10.1. The van der Waals surface area contributed by atoms with Crippen LogP contribution >= 0.6 is 11.3 Å². The first-order chi connectivity index (χ1) is 20.8. The van der Waals surface area contributed by atoms with Gasteiger partial charge >= 0.3 is 6.09 Å². The first-order valence-corrected chi connectivity index (χ1v) is 13.9. The number of nitro benzene ring substituents is 1. The molecule has 3 N–H and O–H groups in total. The second kappa shape index (κ2) is 14.8. The molecule has 0 aliphatic heterocycles. The Labute approximate surface area is 250 Å². The number of hydrazine groups is 1. The van der Waals surface area contributed by atoms with E-state index < -0.39 is 16.9 Å². The zero-order valence-corrected chi connectivity index (χ0v) is 23.7. The number of anilines is 2. The lowest BCUT2D eigenvalue weighted by molar-refractivity contribution is -0.384.